The van der Waals surface area contributed by atoms with Gasteiger partial charge in [0.05, 0.1) is 16.3 Å². The minimum absolute atomic E-state index is 0.315. The monoisotopic (exact) mass is 478 g/mol. The zero-order valence-corrected chi connectivity index (χ0v) is 20.1. The standard InChI is InChI=1S/C26H26N2O5S/c1-4-31-23(26(29)30)14-18-5-11-21(12-6-18)32-15-24-17(3)27-25(34-24)20-9-7-19(8-10-20)22-13-16(2)28-33-22/h5-13,23H,4,14-15H2,1-3H3,(H,29,30)/t23-/m0/s1. The molecule has 7 nitrogen and oxygen atoms in total. The Kier molecular flexibility index (Phi) is 7.40. The van der Waals surface area contributed by atoms with E-state index < -0.39 is 12.1 Å². The van der Waals surface area contributed by atoms with E-state index >= 15 is 0 Å². The van der Waals surface area contributed by atoms with Crippen LogP contribution in [0.25, 0.3) is 21.9 Å². The van der Waals surface area contributed by atoms with Crippen LogP contribution in [0.5, 0.6) is 5.75 Å². The van der Waals surface area contributed by atoms with Crippen LogP contribution in [-0.2, 0) is 22.6 Å². The number of aromatic nitrogens is 2. The topological polar surface area (TPSA) is 94.7 Å². The van der Waals surface area contributed by atoms with Crippen LogP contribution in [0.2, 0.25) is 0 Å². The van der Waals surface area contributed by atoms with Crippen LogP contribution in [0.4, 0.5) is 0 Å². The lowest BCUT2D eigenvalue weighted by Crippen LogP contribution is -2.26. The van der Waals surface area contributed by atoms with Gasteiger partial charge in [-0.1, -0.05) is 41.6 Å². The lowest BCUT2D eigenvalue weighted by molar-refractivity contribution is -0.149. The van der Waals surface area contributed by atoms with Crippen LogP contribution in [0.15, 0.2) is 59.1 Å². The normalized spacial score (nSPS) is 12.0. The first-order valence-electron chi connectivity index (χ1n) is 11.0. The molecule has 0 radical (unpaired) electrons. The van der Waals surface area contributed by atoms with Crippen LogP contribution >= 0.6 is 11.3 Å². The smallest absolute Gasteiger partial charge is 0.333 e. The molecule has 0 amide bonds. The Morgan fingerprint density at radius 2 is 1.79 bits per heavy atom. The van der Waals surface area contributed by atoms with E-state index in [0.29, 0.717) is 25.4 Å². The van der Waals surface area contributed by atoms with Gasteiger partial charge < -0.3 is 19.1 Å². The summed E-state index contributed by atoms with van der Waals surface area (Å²) in [4.78, 5) is 17.0. The molecular weight excluding hydrogens is 452 g/mol. The summed E-state index contributed by atoms with van der Waals surface area (Å²) in [6.45, 7) is 6.44. The number of aliphatic carboxylic acids is 1. The lowest BCUT2D eigenvalue weighted by Gasteiger charge is -2.12. The number of thiazole rings is 1. The zero-order chi connectivity index (χ0) is 24.1. The summed E-state index contributed by atoms with van der Waals surface area (Å²) in [6, 6.07) is 17.4. The Balaban J connectivity index is 1.38. The van der Waals surface area contributed by atoms with E-state index in [0.717, 1.165) is 43.7 Å². The van der Waals surface area contributed by atoms with Crippen molar-refractivity contribution in [1.82, 2.24) is 10.1 Å². The van der Waals surface area contributed by atoms with E-state index in [9.17, 15) is 9.90 Å². The summed E-state index contributed by atoms with van der Waals surface area (Å²) in [5, 5.41) is 14.1. The summed E-state index contributed by atoms with van der Waals surface area (Å²) in [6.07, 6.45) is -0.528. The van der Waals surface area contributed by atoms with E-state index in [2.05, 4.69) is 5.16 Å². The summed E-state index contributed by atoms with van der Waals surface area (Å²) in [5.74, 6) is 0.505. The van der Waals surface area contributed by atoms with E-state index in [1.54, 1.807) is 18.3 Å². The summed E-state index contributed by atoms with van der Waals surface area (Å²) >= 11 is 1.60. The number of carbonyl (C=O) groups is 1. The number of aryl methyl sites for hydroxylation is 2. The lowest BCUT2D eigenvalue weighted by atomic mass is 10.1. The Bertz CT molecular complexity index is 1250. The number of benzene rings is 2. The third kappa shape index (κ3) is 5.70. The molecule has 4 rings (SSSR count). The minimum Gasteiger partial charge on any atom is -0.488 e. The molecule has 1 N–H and O–H groups in total. The average Bonchev–Trinajstić information content (AvgIpc) is 3.43. The fourth-order valence-corrected chi connectivity index (χ4v) is 4.45. The van der Waals surface area contributed by atoms with Crippen molar-refractivity contribution >= 4 is 17.3 Å². The third-order valence-electron chi connectivity index (χ3n) is 5.29. The Hall–Kier alpha value is -3.49. The largest absolute Gasteiger partial charge is 0.488 e. The number of rotatable bonds is 10. The molecule has 176 valence electrons. The van der Waals surface area contributed by atoms with Gasteiger partial charge >= 0.3 is 5.97 Å². The van der Waals surface area contributed by atoms with Gasteiger partial charge in [-0.25, -0.2) is 9.78 Å². The van der Waals surface area contributed by atoms with Gasteiger partial charge in [0.2, 0.25) is 0 Å². The molecule has 2 aromatic carbocycles. The maximum atomic E-state index is 11.3. The van der Waals surface area contributed by atoms with E-state index in [-0.39, 0.29) is 0 Å². The van der Waals surface area contributed by atoms with Gasteiger partial charge in [-0.15, -0.1) is 11.3 Å². The van der Waals surface area contributed by atoms with Crippen molar-refractivity contribution in [1.29, 1.82) is 0 Å². The second-order valence-corrected chi connectivity index (χ2v) is 8.94. The molecule has 0 bridgehead atoms. The highest BCUT2D eigenvalue weighted by atomic mass is 32.1. The van der Waals surface area contributed by atoms with Crippen molar-refractivity contribution in [2.45, 2.75) is 39.9 Å². The molecule has 8 heteroatoms. The SMILES string of the molecule is CCO[C@@H](Cc1ccc(OCc2sc(-c3ccc(-c4cc(C)no4)cc3)nc2C)cc1)C(=O)O. The predicted molar refractivity (Wildman–Crippen MR) is 130 cm³/mol. The molecule has 1 atom stereocenters. The van der Waals surface area contributed by atoms with Gasteiger partial charge in [-0.05, 0) is 38.5 Å². The number of carboxylic acid groups (broad SMARTS) is 1. The molecule has 4 aromatic rings. The first kappa shape index (κ1) is 23.7. The Morgan fingerprint density at radius 3 is 2.41 bits per heavy atom. The second kappa shape index (κ2) is 10.6. The fraction of sp³-hybridized carbons (Fsp3) is 0.269. The van der Waals surface area contributed by atoms with Crippen molar-refractivity contribution in [3.8, 4) is 27.6 Å². The molecule has 34 heavy (non-hydrogen) atoms. The van der Waals surface area contributed by atoms with Crippen molar-refractivity contribution in [2.24, 2.45) is 0 Å². The third-order valence-corrected chi connectivity index (χ3v) is 6.47. The van der Waals surface area contributed by atoms with Gasteiger partial charge in [0.15, 0.2) is 11.9 Å². The Morgan fingerprint density at radius 1 is 1.09 bits per heavy atom. The molecule has 0 aliphatic heterocycles. The molecule has 0 aliphatic rings. The zero-order valence-electron chi connectivity index (χ0n) is 19.3. The number of ether oxygens (including phenoxy) is 2. The van der Waals surface area contributed by atoms with Crippen LogP contribution < -0.4 is 4.74 Å². The highest BCUT2D eigenvalue weighted by molar-refractivity contribution is 7.15. The fourth-order valence-electron chi connectivity index (χ4n) is 3.47. The van der Waals surface area contributed by atoms with Crippen molar-refractivity contribution in [2.75, 3.05) is 6.61 Å². The predicted octanol–water partition coefficient (Wildman–Crippen LogP) is 5.69. The molecule has 2 heterocycles. The van der Waals surface area contributed by atoms with Gasteiger partial charge in [-0.2, -0.15) is 0 Å². The van der Waals surface area contributed by atoms with Gasteiger partial charge in [0.1, 0.15) is 17.4 Å². The average molecular weight is 479 g/mol. The van der Waals surface area contributed by atoms with Crippen LogP contribution in [-0.4, -0.2) is 33.9 Å². The van der Waals surface area contributed by atoms with Crippen molar-refractivity contribution < 1.29 is 23.9 Å². The van der Waals surface area contributed by atoms with Crippen molar-refractivity contribution in [3.05, 3.63) is 76.4 Å². The van der Waals surface area contributed by atoms with Crippen LogP contribution in [0, 0.1) is 13.8 Å². The van der Waals surface area contributed by atoms with E-state index in [4.69, 9.17) is 19.0 Å². The molecule has 0 unspecified atom stereocenters. The summed E-state index contributed by atoms with van der Waals surface area (Å²) in [7, 11) is 0. The first-order valence-corrected chi connectivity index (χ1v) is 11.8. The highest BCUT2D eigenvalue weighted by Crippen LogP contribution is 2.31. The van der Waals surface area contributed by atoms with Gasteiger partial charge in [0, 0.05) is 30.2 Å². The summed E-state index contributed by atoms with van der Waals surface area (Å²) in [5.41, 5.74) is 4.68. The summed E-state index contributed by atoms with van der Waals surface area (Å²) < 4.78 is 16.6. The number of hydrogen-bond donors (Lipinski definition) is 1. The maximum Gasteiger partial charge on any atom is 0.333 e. The Labute approximate surface area is 202 Å². The molecule has 0 saturated carbocycles. The van der Waals surface area contributed by atoms with E-state index in [1.165, 1.54) is 0 Å². The number of carboxylic acids is 1. The molecule has 0 aliphatic carbocycles. The first-order chi connectivity index (χ1) is 16.4. The molecular formula is C26H26N2O5S. The number of nitrogens with zero attached hydrogens (tertiary/aromatic N) is 2. The molecule has 0 spiro atoms. The molecule has 0 saturated heterocycles. The van der Waals surface area contributed by atoms with Crippen LogP contribution in [0.1, 0.15) is 28.8 Å². The van der Waals surface area contributed by atoms with E-state index in [1.807, 2.05) is 68.4 Å². The van der Waals surface area contributed by atoms with Crippen LogP contribution in [0.3, 0.4) is 0 Å². The maximum absolute atomic E-state index is 11.3. The minimum atomic E-state index is -0.957. The molecule has 0 fully saturated rings. The van der Waals surface area contributed by atoms with Gasteiger partial charge in [0.25, 0.3) is 0 Å². The van der Waals surface area contributed by atoms with Gasteiger partial charge in [-0.3, -0.25) is 0 Å². The number of hydrogen-bond acceptors (Lipinski definition) is 7. The second-order valence-electron chi connectivity index (χ2n) is 7.86. The quantitative estimate of drug-likeness (QED) is 0.313. The molecule has 2 aromatic heterocycles. The highest BCUT2D eigenvalue weighted by Gasteiger charge is 2.18. The van der Waals surface area contributed by atoms with Crippen molar-refractivity contribution in [3.63, 3.8) is 0 Å².